The molecule has 1 saturated heterocycles. The van der Waals surface area contributed by atoms with E-state index in [1.54, 1.807) is 41.3 Å². The lowest BCUT2D eigenvalue weighted by molar-refractivity contribution is -0.134. The highest BCUT2D eigenvalue weighted by atomic mass is 35.5. The Morgan fingerprint density at radius 2 is 1.63 bits per heavy atom. The molecule has 0 unspecified atom stereocenters. The van der Waals surface area contributed by atoms with Crippen molar-refractivity contribution in [1.29, 1.82) is 0 Å². The molecule has 158 valence electrons. The number of rotatable bonds is 6. The molecule has 1 fully saturated rings. The number of halogens is 2. The van der Waals surface area contributed by atoms with E-state index >= 15 is 0 Å². The number of likely N-dealkylation sites (tertiary alicyclic amines) is 1. The molecule has 0 atom stereocenters. The van der Waals surface area contributed by atoms with Crippen LogP contribution in [0.25, 0.3) is 0 Å². The average molecular weight is 448 g/mol. The van der Waals surface area contributed by atoms with Crippen molar-refractivity contribution >= 4 is 40.9 Å². The van der Waals surface area contributed by atoms with Gasteiger partial charge in [0.25, 0.3) is 5.91 Å². The van der Waals surface area contributed by atoms with E-state index in [0.717, 1.165) is 5.56 Å². The van der Waals surface area contributed by atoms with Crippen LogP contribution in [0.2, 0.25) is 10.0 Å². The monoisotopic (exact) mass is 447 g/mol. The first-order chi connectivity index (χ1) is 14.4. The lowest BCUT2D eigenvalue weighted by atomic mass is 9.95. The van der Waals surface area contributed by atoms with Crippen molar-refractivity contribution in [3.63, 3.8) is 0 Å². The second-order valence-electron chi connectivity index (χ2n) is 7.17. The Hall–Kier alpha value is -2.57. The van der Waals surface area contributed by atoms with Gasteiger partial charge in [0.2, 0.25) is 11.8 Å². The largest absolute Gasteiger partial charge is 0.352 e. The van der Waals surface area contributed by atoms with E-state index in [1.807, 2.05) is 12.1 Å². The number of carbonyl (C=O) groups is 3. The predicted octanol–water partition coefficient (Wildman–Crippen LogP) is 3.28. The Balaban J connectivity index is 1.40. The lowest BCUT2D eigenvalue weighted by Crippen LogP contribution is -2.46. The number of piperidine rings is 1. The van der Waals surface area contributed by atoms with Crippen LogP contribution in [0.15, 0.2) is 48.5 Å². The third-order valence-electron chi connectivity index (χ3n) is 5.11. The van der Waals surface area contributed by atoms with E-state index in [0.29, 0.717) is 48.1 Å². The molecule has 2 aromatic rings. The normalized spacial score (nSPS) is 14.3. The molecule has 2 N–H and O–H groups in total. The fraction of sp³-hybridized carbons (Fsp3) is 0.318. The van der Waals surface area contributed by atoms with Crippen molar-refractivity contribution in [2.75, 3.05) is 19.6 Å². The number of amides is 3. The maximum Gasteiger partial charge on any atom is 0.251 e. The Bertz CT molecular complexity index is 913. The van der Waals surface area contributed by atoms with Gasteiger partial charge in [-0.25, -0.2) is 0 Å². The van der Waals surface area contributed by atoms with Crippen LogP contribution in [0, 0.1) is 5.92 Å². The minimum Gasteiger partial charge on any atom is -0.352 e. The second-order valence-corrected chi connectivity index (χ2v) is 7.98. The number of carbonyl (C=O) groups excluding carboxylic acids is 3. The van der Waals surface area contributed by atoms with Gasteiger partial charge in [-0.2, -0.15) is 0 Å². The molecule has 0 aromatic heterocycles. The van der Waals surface area contributed by atoms with Gasteiger partial charge in [0.15, 0.2) is 0 Å². The van der Waals surface area contributed by atoms with Gasteiger partial charge in [-0.1, -0.05) is 47.5 Å². The summed E-state index contributed by atoms with van der Waals surface area (Å²) >= 11 is 11.9. The van der Waals surface area contributed by atoms with Crippen molar-refractivity contribution in [2.24, 2.45) is 5.92 Å². The zero-order valence-electron chi connectivity index (χ0n) is 16.4. The Labute approximate surface area is 185 Å². The number of hydrogen-bond acceptors (Lipinski definition) is 3. The summed E-state index contributed by atoms with van der Waals surface area (Å²) in [5.74, 6) is -0.601. The van der Waals surface area contributed by atoms with Crippen molar-refractivity contribution in [1.82, 2.24) is 15.5 Å². The molecule has 0 bridgehead atoms. The van der Waals surface area contributed by atoms with E-state index in [9.17, 15) is 14.4 Å². The van der Waals surface area contributed by atoms with Crippen molar-refractivity contribution in [3.8, 4) is 0 Å². The third kappa shape index (κ3) is 5.97. The van der Waals surface area contributed by atoms with Crippen molar-refractivity contribution in [2.45, 2.75) is 19.4 Å². The first-order valence-corrected chi connectivity index (χ1v) is 10.5. The fourth-order valence-corrected chi connectivity index (χ4v) is 3.65. The Morgan fingerprint density at radius 3 is 2.30 bits per heavy atom. The molecule has 6 nitrogen and oxygen atoms in total. The van der Waals surface area contributed by atoms with Gasteiger partial charge in [-0.05, 0) is 42.7 Å². The molecular weight excluding hydrogens is 425 g/mol. The summed E-state index contributed by atoms with van der Waals surface area (Å²) in [6, 6.07) is 14.0. The van der Waals surface area contributed by atoms with Crippen LogP contribution in [0.3, 0.4) is 0 Å². The van der Waals surface area contributed by atoms with Gasteiger partial charge in [-0.3, -0.25) is 14.4 Å². The number of benzene rings is 2. The topological polar surface area (TPSA) is 78.5 Å². The number of nitrogens with zero attached hydrogens (tertiary/aromatic N) is 1. The first kappa shape index (κ1) is 22.1. The zero-order valence-corrected chi connectivity index (χ0v) is 17.9. The summed E-state index contributed by atoms with van der Waals surface area (Å²) < 4.78 is 0. The van der Waals surface area contributed by atoms with Crippen LogP contribution in [0.5, 0.6) is 0 Å². The third-order valence-corrected chi connectivity index (χ3v) is 5.84. The molecule has 30 heavy (non-hydrogen) atoms. The summed E-state index contributed by atoms with van der Waals surface area (Å²) in [7, 11) is 0. The standard InChI is InChI=1S/C22H23Cl2N3O3/c23-18-7-6-15(12-19(18)24)13-25-22(30)17-8-10-27(11-9-17)20(28)14-26-21(29)16-4-2-1-3-5-16/h1-7,12,17H,8-11,13-14H2,(H,25,30)(H,26,29). The van der Waals surface area contributed by atoms with E-state index in [-0.39, 0.29) is 30.2 Å². The first-order valence-electron chi connectivity index (χ1n) is 9.76. The maximum atomic E-state index is 12.4. The van der Waals surface area contributed by atoms with Gasteiger partial charge < -0.3 is 15.5 Å². The molecule has 1 aliphatic heterocycles. The van der Waals surface area contributed by atoms with Gasteiger partial charge in [0, 0.05) is 31.1 Å². The predicted molar refractivity (Wildman–Crippen MR) is 116 cm³/mol. The Kier molecular flexibility index (Phi) is 7.71. The number of hydrogen-bond donors (Lipinski definition) is 2. The molecule has 0 aliphatic carbocycles. The Morgan fingerprint density at radius 1 is 0.933 bits per heavy atom. The zero-order chi connectivity index (χ0) is 21.5. The summed E-state index contributed by atoms with van der Waals surface area (Å²) in [4.78, 5) is 38.5. The quantitative estimate of drug-likeness (QED) is 0.712. The molecule has 0 radical (unpaired) electrons. The van der Waals surface area contributed by atoms with E-state index in [2.05, 4.69) is 10.6 Å². The second kappa shape index (κ2) is 10.5. The van der Waals surface area contributed by atoms with Crippen LogP contribution in [-0.4, -0.2) is 42.3 Å². The highest BCUT2D eigenvalue weighted by Gasteiger charge is 2.27. The van der Waals surface area contributed by atoms with Gasteiger partial charge in [0.05, 0.1) is 16.6 Å². The van der Waals surface area contributed by atoms with Crippen molar-refractivity contribution < 1.29 is 14.4 Å². The average Bonchev–Trinajstić information content (AvgIpc) is 2.78. The summed E-state index contributed by atoms with van der Waals surface area (Å²) in [6.07, 6.45) is 1.18. The molecular formula is C22H23Cl2N3O3. The van der Waals surface area contributed by atoms with E-state index in [4.69, 9.17) is 23.2 Å². The van der Waals surface area contributed by atoms with Crippen LogP contribution < -0.4 is 10.6 Å². The number of nitrogens with one attached hydrogen (secondary N) is 2. The SMILES string of the molecule is O=C(NCC(=O)N1CCC(C(=O)NCc2ccc(Cl)c(Cl)c2)CC1)c1ccccc1. The highest BCUT2D eigenvalue weighted by molar-refractivity contribution is 6.42. The maximum absolute atomic E-state index is 12.4. The van der Waals surface area contributed by atoms with E-state index < -0.39 is 0 Å². The summed E-state index contributed by atoms with van der Waals surface area (Å²) in [5, 5.41) is 6.49. The summed E-state index contributed by atoms with van der Waals surface area (Å²) in [6.45, 7) is 1.30. The summed E-state index contributed by atoms with van der Waals surface area (Å²) in [5.41, 5.74) is 1.39. The van der Waals surface area contributed by atoms with Gasteiger partial charge in [0.1, 0.15) is 0 Å². The molecule has 0 saturated carbocycles. The molecule has 3 rings (SSSR count). The minimum atomic E-state index is -0.277. The lowest BCUT2D eigenvalue weighted by Gasteiger charge is -2.31. The van der Waals surface area contributed by atoms with Crippen LogP contribution >= 0.6 is 23.2 Å². The molecule has 1 heterocycles. The van der Waals surface area contributed by atoms with Gasteiger partial charge in [-0.15, -0.1) is 0 Å². The van der Waals surface area contributed by atoms with Crippen LogP contribution in [0.4, 0.5) is 0 Å². The molecule has 3 amide bonds. The van der Waals surface area contributed by atoms with E-state index in [1.165, 1.54) is 0 Å². The van der Waals surface area contributed by atoms with Crippen molar-refractivity contribution in [3.05, 3.63) is 69.7 Å². The van der Waals surface area contributed by atoms with Crippen LogP contribution in [0.1, 0.15) is 28.8 Å². The molecule has 2 aromatic carbocycles. The smallest absolute Gasteiger partial charge is 0.251 e. The minimum absolute atomic E-state index is 0.0365. The molecule has 8 heteroatoms. The molecule has 1 aliphatic rings. The van der Waals surface area contributed by atoms with Crippen LogP contribution in [-0.2, 0) is 16.1 Å². The van der Waals surface area contributed by atoms with Gasteiger partial charge >= 0.3 is 0 Å². The molecule has 0 spiro atoms. The fourth-order valence-electron chi connectivity index (χ4n) is 3.33. The highest BCUT2D eigenvalue weighted by Crippen LogP contribution is 2.23.